The molecule has 1 amide bonds. The molecular weight excluding hydrogens is 408 g/mol. The molecule has 9 heteroatoms. The molecule has 3 heterocycles. The number of anilines is 2. The highest BCUT2D eigenvalue weighted by Gasteiger charge is 2.37. The van der Waals surface area contributed by atoms with E-state index in [1.807, 2.05) is 54.8 Å². The van der Waals surface area contributed by atoms with Crippen LogP contribution >= 0.6 is 0 Å². The van der Waals surface area contributed by atoms with E-state index in [-0.39, 0.29) is 18.5 Å². The lowest BCUT2D eigenvalue weighted by atomic mass is 9.93. The molecule has 4 rings (SSSR count). The third kappa shape index (κ3) is 3.93. The van der Waals surface area contributed by atoms with Gasteiger partial charge in [0, 0.05) is 19.1 Å². The topological polar surface area (TPSA) is 113 Å². The minimum Gasteiger partial charge on any atom is -0.481 e. The number of pyridine rings is 1. The van der Waals surface area contributed by atoms with Crippen molar-refractivity contribution < 1.29 is 14.7 Å². The lowest BCUT2D eigenvalue weighted by molar-refractivity contribution is -0.147. The normalized spacial score (nSPS) is 13.5. The Hall–Kier alpha value is -3.75. The zero-order chi connectivity index (χ0) is 23.0. The quantitative estimate of drug-likeness (QED) is 0.582. The Kier molecular flexibility index (Phi) is 5.41. The summed E-state index contributed by atoms with van der Waals surface area (Å²) in [6.07, 6.45) is 1.68. The van der Waals surface area contributed by atoms with E-state index in [9.17, 15) is 14.7 Å². The molecule has 9 nitrogen and oxygen atoms in total. The largest absolute Gasteiger partial charge is 0.481 e. The number of benzene rings is 1. The molecule has 1 aliphatic heterocycles. The summed E-state index contributed by atoms with van der Waals surface area (Å²) >= 11 is 0. The lowest BCUT2D eigenvalue weighted by Crippen LogP contribution is -2.39. The van der Waals surface area contributed by atoms with Crippen LogP contribution in [0.5, 0.6) is 0 Å². The van der Waals surface area contributed by atoms with Crippen molar-refractivity contribution in [3.05, 3.63) is 53.9 Å². The number of carboxylic acids is 1. The third-order valence-corrected chi connectivity index (χ3v) is 5.55. The summed E-state index contributed by atoms with van der Waals surface area (Å²) in [5.41, 5.74) is 1.68. The van der Waals surface area contributed by atoms with Gasteiger partial charge in [-0.1, -0.05) is 18.2 Å². The van der Waals surface area contributed by atoms with Crippen LogP contribution in [0.3, 0.4) is 0 Å². The fourth-order valence-electron chi connectivity index (χ4n) is 3.77. The summed E-state index contributed by atoms with van der Waals surface area (Å²) in [6, 6.07) is 11.3. The molecule has 0 aliphatic carbocycles. The number of carbonyl (C=O) groups excluding carboxylic acids is 1. The van der Waals surface area contributed by atoms with Crippen LogP contribution in [0.2, 0.25) is 0 Å². The molecule has 0 spiro atoms. The fraction of sp³-hybridized carbons (Fsp3) is 0.348. The van der Waals surface area contributed by atoms with Gasteiger partial charge in [-0.25, -0.2) is 4.98 Å². The molecule has 32 heavy (non-hydrogen) atoms. The Labute approximate surface area is 186 Å². The molecule has 1 aromatic carbocycles. The number of carbonyl (C=O) groups is 2. The van der Waals surface area contributed by atoms with Gasteiger partial charge in [0.25, 0.3) is 5.91 Å². The first-order valence-electron chi connectivity index (χ1n) is 10.5. The molecule has 3 aromatic rings. The molecule has 2 aromatic heterocycles. The average molecular weight is 435 g/mol. The SMILES string of the molecule is CC(C)n1cnnc1-c1cccc(Nc2cccc3c2C(=O)N(CC(C)(C)C(=O)O)C3)n1. The maximum atomic E-state index is 13.1. The molecule has 0 unspecified atom stereocenters. The summed E-state index contributed by atoms with van der Waals surface area (Å²) < 4.78 is 1.94. The van der Waals surface area contributed by atoms with E-state index in [1.165, 1.54) is 0 Å². The molecular formula is C23H26N6O3. The van der Waals surface area contributed by atoms with Crippen LogP contribution in [0.1, 0.15) is 49.7 Å². The number of hydrogen-bond donors (Lipinski definition) is 2. The van der Waals surface area contributed by atoms with Crippen molar-refractivity contribution in [3.63, 3.8) is 0 Å². The van der Waals surface area contributed by atoms with Gasteiger partial charge in [0.15, 0.2) is 5.82 Å². The third-order valence-electron chi connectivity index (χ3n) is 5.55. The predicted octanol–water partition coefficient (Wildman–Crippen LogP) is 3.73. The van der Waals surface area contributed by atoms with Gasteiger partial charge in [0.2, 0.25) is 0 Å². The average Bonchev–Trinajstić information content (AvgIpc) is 3.34. The molecule has 1 aliphatic rings. The smallest absolute Gasteiger partial charge is 0.310 e. The summed E-state index contributed by atoms with van der Waals surface area (Å²) in [5, 5.41) is 20.9. The van der Waals surface area contributed by atoms with Crippen molar-refractivity contribution >= 4 is 23.4 Å². The van der Waals surface area contributed by atoms with Gasteiger partial charge < -0.3 is 19.9 Å². The van der Waals surface area contributed by atoms with Gasteiger partial charge >= 0.3 is 5.97 Å². The number of rotatable bonds is 7. The van der Waals surface area contributed by atoms with Gasteiger partial charge in [-0.3, -0.25) is 9.59 Å². The molecule has 0 saturated heterocycles. The second kappa shape index (κ2) is 8.07. The Bertz CT molecular complexity index is 1180. The molecule has 0 bridgehead atoms. The Morgan fingerprint density at radius 1 is 1.22 bits per heavy atom. The number of nitrogens with zero attached hydrogens (tertiary/aromatic N) is 5. The van der Waals surface area contributed by atoms with E-state index in [1.54, 1.807) is 25.1 Å². The first-order chi connectivity index (χ1) is 15.2. The van der Waals surface area contributed by atoms with Gasteiger partial charge in [-0.2, -0.15) is 0 Å². The van der Waals surface area contributed by atoms with Crippen LogP contribution in [0.4, 0.5) is 11.5 Å². The first-order valence-corrected chi connectivity index (χ1v) is 10.5. The van der Waals surface area contributed by atoms with Crippen molar-refractivity contribution in [1.29, 1.82) is 0 Å². The zero-order valence-corrected chi connectivity index (χ0v) is 18.5. The van der Waals surface area contributed by atoms with Crippen molar-refractivity contribution in [2.75, 3.05) is 11.9 Å². The second-order valence-corrected chi connectivity index (χ2v) is 8.88. The summed E-state index contributed by atoms with van der Waals surface area (Å²) in [6.45, 7) is 7.85. The summed E-state index contributed by atoms with van der Waals surface area (Å²) in [7, 11) is 0. The lowest BCUT2D eigenvalue weighted by Gasteiger charge is -2.26. The molecule has 0 atom stereocenters. The maximum Gasteiger partial charge on any atom is 0.310 e. The minimum absolute atomic E-state index is 0.133. The van der Waals surface area contributed by atoms with E-state index >= 15 is 0 Å². The number of nitrogens with one attached hydrogen (secondary N) is 1. The minimum atomic E-state index is -1.03. The Morgan fingerprint density at radius 2 is 1.97 bits per heavy atom. The van der Waals surface area contributed by atoms with E-state index in [0.717, 1.165) is 5.56 Å². The number of aromatic nitrogens is 4. The highest BCUT2D eigenvalue weighted by atomic mass is 16.4. The highest BCUT2D eigenvalue weighted by molar-refractivity contribution is 6.04. The standard InChI is InChI=1S/C23H26N6O3/c1-14(2)29-13-24-27-20(29)17-9-6-10-18(26-17)25-16-8-5-7-15-11-28(21(30)19(15)16)12-23(3,4)22(31)32/h5-10,13-14H,11-12H2,1-4H3,(H,25,26)(H,31,32). The van der Waals surface area contributed by atoms with Crippen LogP contribution in [-0.4, -0.2) is 48.2 Å². The zero-order valence-electron chi connectivity index (χ0n) is 18.5. The number of fused-ring (bicyclic) bond motifs is 1. The van der Waals surface area contributed by atoms with E-state index < -0.39 is 11.4 Å². The van der Waals surface area contributed by atoms with E-state index in [4.69, 9.17) is 0 Å². The summed E-state index contributed by atoms with van der Waals surface area (Å²) in [5.74, 6) is 0.120. The summed E-state index contributed by atoms with van der Waals surface area (Å²) in [4.78, 5) is 30.9. The van der Waals surface area contributed by atoms with Crippen molar-refractivity contribution in [2.45, 2.75) is 40.3 Å². The van der Waals surface area contributed by atoms with Crippen LogP contribution in [0, 0.1) is 5.41 Å². The van der Waals surface area contributed by atoms with E-state index in [0.29, 0.717) is 35.1 Å². The number of hydrogen-bond acceptors (Lipinski definition) is 6. The van der Waals surface area contributed by atoms with Gasteiger partial charge in [0.1, 0.15) is 17.8 Å². The van der Waals surface area contributed by atoms with Crippen molar-refractivity contribution in [2.24, 2.45) is 5.41 Å². The van der Waals surface area contributed by atoms with Gasteiger partial charge in [-0.15, -0.1) is 10.2 Å². The Morgan fingerprint density at radius 3 is 2.69 bits per heavy atom. The van der Waals surface area contributed by atoms with Crippen LogP contribution < -0.4 is 5.32 Å². The van der Waals surface area contributed by atoms with Gasteiger partial charge in [0.05, 0.1) is 16.7 Å². The molecule has 0 saturated carbocycles. The fourth-order valence-corrected chi connectivity index (χ4v) is 3.77. The van der Waals surface area contributed by atoms with E-state index in [2.05, 4.69) is 20.5 Å². The Balaban J connectivity index is 1.61. The molecule has 166 valence electrons. The van der Waals surface area contributed by atoms with Crippen LogP contribution in [0.25, 0.3) is 11.5 Å². The van der Waals surface area contributed by atoms with Crippen molar-refractivity contribution in [1.82, 2.24) is 24.6 Å². The maximum absolute atomic E-state index is 13.1. The highest BCUT2D eigenvalue weighted by Crippen LogP contribution is 2.33. The first kappa shape index (κ1) is 21.5. The molecule has 0 radical (unpaired) electrons. The predicted molar refractivity (Wildman–Crippen MR) is 120 cm³/mol. The van der Waals surface area contributed by atoms with Crippen LogP contribution in [0.15, 0.2) is 42.7 Å². The number of aliphatic carboxylic acids is 1. The van der Waals surface area contributed by atoms with Crippen molar-refractivity contribution in [3.8, 4) is 11.5 Å². The molecule has 2 N–H and O–H groups in total. The van der Waals surface area contributed by atoms with Crippen LogP contribution in [-0.2, 0) is 11.3 Å². The van der Waals surface area contributed by atoms with Gasteiger partial charge in [-0.05, 0) is 51.5 Å². The number of amides is 1. The number of carboxylic acid groups (broad SMARTS) is 1. The molecule has 0 fully saturated rings. The second-order valence-electron chi connectivity index (χ2n) is 8.88. The monoisotopic (exact) mass is 434 g/mol.